The van der Waals surface area contributed by atoms with Crippen LogP contribution in [0.25, 0.3) is 11.4 Å². The highest BCUT2D eigenvalue weighted by Crippen LogP contribution is 2.18. The number of hydrogen-bond donors (Lipinski definition) is 1. The molecular formula is C20H25N3O4. The monoisotopic (exact) mass is 371 g/mol. The number of nitrogens with one attached hydrogen (secondary N) is 1. The van der Waals surface area contributed by atoms with Gasteiger partial charge in [-0.1, -0.05) is 47.8 Å². The molecule has 1 aromatic carbocycles. The second-order valence-corrected chi connectivity index (χ2v) is 7.00. The van der Waals surface area contributed by atoms with Crippen LogP contribution in [0.5, 0.6) is 0 Å². The Labute approximate surface area is 158 Å². The van der Waals surface area contributed by atoms with Gasteiger partial charge in [-0.05, 0) is 26.7 Å². The third kappa shape index (κ3) is 5.39. The molecule has 1 fully saturated rings. The quantitative estimate of drug-likeness (QED) is 0.752. The standard InChI is InChI=1S/C20H25N3O4/c1-13-7-9-15(10-8-13)19-22-17(27-23-19)11-12-18(24)26-14(2)20(25)21-16-5-3-4-6-16/h7-10,14,16H,3-6,11-12H2,1-2H3,(H,21,25)/t14-/m0/s1. The highest BCUT2D eigenvalue weighted by Gasteiger charge is 2.23. The van der Waals surface area contributed by atoms with Crippen LogP contribution in [0.4, 0.5) is 0 Å². The van der Waals surface area contributed by atoms with E-state index in [9.17, 15) is 9.59 Å². The highest BCUT2D eigenvalue weighted by molar-refractivity contribution is 5.83. The summed E-state index contributed by atoms with van der Waals surface area (Å²) in [7, 11) is 0. The van der Waals surface area contributed by atoms with Gasteiger partial charge < -0.3 is 14.6 Å². The average Bonchev–Trinajstić information content (AvgIpc) is 3.32. The number of aryl methyl sites for hydroxylation is 2. The lowest BCUT2D eigenvalue weighted by molar-refractivity contribution is -0.155. The first-order valence-electron chi connectivity index (χ1n) is 9.41. The number of carbonyl (C=O) groups excluding carboxylic acids is 2. The Kier molecular flexibility index (Phi) is 6.21. The minimum absolute atomic E-state index is 0.0799. The Bertz CT molecular complexity index is 779. The summed E-state index contributed by atoms with van der Waals surface area (Å²) < 4.78 is 10.4. The van der Waals surface area contributed by atoms with Gasteiger partial charge in [-0.15, -0.1) is 0 Å². The second kappa shape index (κ2) is 8.79. The van der Waals surface area contributed by atoms with Gasteiger partial charge in [-0.25, -0.2) is 0 Å². The molecule has 3 rings (SSSR count). The van der Waals surface area contributed by atoms with Crippen LogP contribution in [-0.2, 0) is 20.7 Å². The van der Waals surface area contributed by atoms with Gasteiger partial charge in [0, 0.05) is 18.0 Å². The van der Waals surface area contributed by atoms with E-state index >= 15 is 0 Å². The molecule has 7 nitrogen and oxygen atoms in total. The van der Waals surface area contributed by atoms with Crippen molar-refractivity contribution in [2.24, 2.45) is 0 Å². The van der Waals surface area contributed by atoms with Crippen molar-refractivity contribution < 1.29 is 18.8 Å². The molecule has 0 radical (unpaired) electrons. The summed E-state index contributed by atoms with van der Waals surface area (Å²) in [4.78, 5) is 28.4. The predicted octanol–water partition coefficient (Wildman–Crippen LogP) is 2.97. The van der Waals surface area contributed by atoms with Crippen molar-refractivity contribution in [2.75, 3.05) is 0 Å². The number of esters is 1. The van der Waals surface area contributed by atoms with Gasteiger partial charge >= 0.3 is 5.97 Å². The molecule has 1 saturated carbocycles. The van der Waals surface area contributed by atoms with Crippen LogP contribution in [0.2, 0.25) is 0 Å². The Hall–Kier alpha value is -2.70. The molecule has 1 amide bonds. The van der Waals surface area contributed by atoms with E-state index < -0.39 is 12.1 Å². The maximum absolute atomic E-state index is 12.1. The predicted molar refractivity (Wildman–Crippen MR) is 98.7 cm³/mol. The summed E-state index contributed by atoms with van der Waals surface area (Å²) in [5.74, 6) is 0.155. The van der Waals surface area contributed by atoms with Crippen LogP contribution in [0, 0.1) is 6.92 Å². The summed E-state index contributed by atoms with van der Waals surface area (Å²) >= 11 is 0. The number of rotatable bonds is 7. The summed E-state index contributed by atoms with van der Waals surface area (Å²) in [5, 5.41) is 6.86. The van der Waals surface area contributed by atoms with E-state index in [4.69, 9.17) is 9.26 Å². The molecule has 0 unspecified atom stereocenters. The van der Waals surface area contributed by atoms with Gasteiger partial charge in [-0.3, -0.25) is 9.59 Å². The smallest absolute Gasteiger partial charge is 0.307 e. The van der Waals surface area contributed by atoms with Gasteiger partial charge in [0.05, 0.1) is 6.42 Å². The van der Waals surface area contributed by atoms with Crippen molar-refractivity contribution >= 4 is 11.9 Å². The van der Waals surface area contributed by atoms with Crippen molar-refractivity contribution in [3.8, 4) is 11.4 Å². The Balaban J connectivity index is 1.44. The van der Waals surface area contributed by atoms with Crippen LogP contribution < -0.4 is 5.32 Å². The molecule has 1 heterocycles. The molecule has 1 aliphatic carbocycles. The molecule has 2 aromatic rings. The van der Waals surface area contributed by atoms with E-state index in [1.165, 1.54) is 0 Å². The lowest BCUT2D eigenvalue weighted by Gasteiger charge is -2.16. The van der Waals surface area contributed by atoms with Gasteiger partial charge in [-0.2, -0.15) is 4.98 Å². The van der Waals surface area contributed by atoms with Crippen LogP contribution in [0.3, 0.4) is 0 Å². The average molecular weight is 371 g/mol. The number of ether oxygens (including phenoxy) is 1. The molecule has 1 aliphatic rings. The minimum Gasteiger partial charge on any atom is -0.453 e. The van der Waals surface area contributed by atoms with E-state index in [0.717, 1.165) is 36.8 Å². The molecule has 0 spiro atoms. The number of nitrogens with zero attached hydrogens (tertiary/aromatic N) is 2. The second-order valence-electron chi connectivity index (χ2n) is 7.00. The van der Waals surface area contributed by atoms with Crippen molar-refractivity contribution in [1.82, 2.24) is 15.5 Å². The summed E-state index contributed by atoms with van der Waals surface area (Å²) in [6.07, 6.45) is 3.80. The molecule has 27 heavy (non-hydrogen) atoms. The molecule has 7 heteroatoms. The zero-order valence-corrected chi connectivity index (χ0v) is 15.7. The molecule has 0 aliphatic heterocycles. The number of benzene rings is 1. The molecular weight excluding hydrogens is 346 g/mol. The molecule has 144 valence electrons. The number of aromatic nitrogens is 2. The van der Waals surface area contributed by atoms with Crippen LogP contribution in [0.15, 0.2) is 28.8 Å². The van der Waals surface area contributed by atoms with Crippen LogP contribution in [0.1, 0.15) is 50.5 Å². The molecule has 1 N–H and O–H groups in total. The summed E-state index contributed by atoms with van der Waals surface area (Å²) in [5.41, 5.74) is 2.01. The van der Waals surface area contributed by atoms with E-state index in [2.05, 4.69) is 15.5 Å². The maximum Gasteiger partial charge on any atom is 0.307 e. The summed E-state index contributed by atoms with van der Waals surface area (Å²) in [6.45, 7) is 3.59. The van der Waals surface area contributed by atoms with E-state index in [1.807, 2.05) is 31.2 Å². The lowest BCUT2D eigenvalue weighted by Crippen LogP contribution is -2.40. The largest absolute Gasteiger partial charge is 0.453 e. The lowest BCUT2D eigenvalue weighted by atomic mass is 10.1. The fourth-order valence-electron chi connectivity index (χ4n) is 3.08. The SMILES string of the molecule is Cc1ccc(-c2noc(CCC(=O)O[C@@H](C)C(=O)NC3CCCC3)n2)cc1. The van der Waals surface area contributed by atoms with E-state index in [0.29, 0.717) is 11.7 Å². The minimum atomic E-state index is -0.802. The van der Waals surface area contributed by atoms with Gasteiger partial charge in [0.15, 0.2) is 6.10 Å². The third-order valence-corrected chi connectivity index (χ3v) is 4.70. The zero-order valence-electron chi connectivity index (χ0n) is 15.7. The van der Waals surface area contributed by atoms with E-state index in [-0.39, 0.29) is 24.8 Å². The molecule has 0 bridgehead atoms. The fraction of sp³-hybridized carbons (Fsp3) is 0.500. The molecule has 0 saturated heterocycles. The number of amides is 1. The van der Waals surface area contributed by atoms with Crippen LogP contribution >= 0.6 is 0 Å². The molecule has 1 atom stereocenters. The third-order valence-electron chi connectivity index (χ3n) is 4.70. The Morgan fingerprint density at radius 3 is 2.67 bits per heavy atom. The van der Waals surface area contributed by atoms with Crippen molar-refractivity contribution in [1.29, 1.82) is 0 Å². The summed E-state index contributed by atoms with van der Waals surface area (Å²) in [6, 6.07) is 7.99. The topological polar surface area (TPSA) is 94.3 Å². The first-order chi connectivity index (χ1) is 13.0. The van der Waals surface area contributed by atoms with Gasteiger partial charge in [0.25, 0.3) is 5.91 Å². The highest BCUT2D eigenvalue weighted by atomic mass is 16.5. The van der Waals surface area contributed by atoms with Crippen molar-refractivity contribution in [3.63, 3.8) is 0 Å². The Morgan fingerprint density at radius 1 is 1.26 bits per heavy atom. The Morgan fingerprint density at radius 2 is 1.96 bits per heavy atom. The number of carbonyl (C=O) groups is 2. The van der Waals surface area contributed by atoms with Gasteiger partial charge in [0.2, 0.25) is 11.7 Å². The first-order valence-corrected chi connectivity index (χ1v) is 9.41. The fourth-order valence-corrected chi connectivity index (χ4v) is 3.08. The van der Waals surface area contributed by atoms with E-state index in [1.54, 1.807) is 6.92 Å². The van der Waals surface area contributed by atoms with Crippen molar-refractivity contribution in [3.05, 3.63) is 35.7 Å². The van der Waals surface area contributed by atoms with Gasteiger partial charge in [0.1, 0.15) is 0 Å². The normalized spacial score (nSPS) is 15.5. The number of hydrogen-bond acceptors (Lipinski definition) is 6. The maximum atomic E-state index is 12.1. The van der Waals surface area contributed by atoms with Crippen LogP contribution in [-0.4, -0.2) is 34.2 Å². The molecule has 1 aromatic heterocycles. The zero-order chi connectivity index (χ0) is 19.2. The van der Waals surface area contributed by atoms with Crippen molar-refractivity contribution in [2.45, 2.75) is 64.5 Å². The first kappa shape index (κ1) is 19.1.